The van der Waals surface area contributed by atoms with E-state index in [1.807, 2.05) is 18.3 Å². The van der Waals surface area contributed by atoms with E-state index in [1.54, 1.807) is 6.20 Å². The highest BCUT2D eigenvalue weighted by Gasteiger charge is 2.29. The number of hydrogen-bond acceptors (Lipinski definition) is 5. The van der Waals surface area contributed by atoms with Crippen molar-refractivity contribution < 1.29 is 8.42 Å². The Bertz CT molecular complexity index is 664. The number of nitrogens with one attached hydrogen (secondary N) is 1. The number of sulfonamides is 1. The summed E-state index contributed by atoms with van der Waals surface area (Å²) in [6, 6.07) is 3.94. The van der Waals surface area contributed by atoms with E-state index < -0.39 is 10.0 Å². The predicted molar refractivity (Wildman–Crippen MR) is 76.9 cm³/mol. The molecule has 1 aliphatic rings. The molecule has 8 heteroatoms. The molecule has 1 N–H and O–H groups in total. The minimum atomic E-state index is -3.44. The summed E-state index contributed by atoms with van der Waals surface area (Å²) >= 11 is 0. The third-order valence-corrected chi connectivity index (χ3v) is 5.38. The van der Waals surface area contributed by atoms with Gasteiger partial charge in [0.15, 0.2) is 5.03 Å². The van der Waals surface area contributed by atoms with Crippen molar-refractivity contribution in [2.75, 3.05) is 26.2 Å². The van der Waals surface area contributed by atoms with Gasteiger partial charge in [-0.1, -0.05) is 6.07 Å². The van der Waals surface area contributed by atoms with Crippen molar-refractivity contribution >= 4 is 10.0 Å². The van der Waals surface area contributed by atoms with Crippen molar-refractivity contribution in [1.29, 1.82) is 0 Å². The van der Waals surface area contributed by atoms with Gasteiger partial charge in [-0.3, -0.25) is 9.88 Å². The van der Waals surface area contributed by atoms with Gasteiger partial charge in [0.2, 0.25) is 0 Å². The zero-order valence-corrected chi connectivity index (χ0v) is 12.3. The van der Waals surface area contributed by atoms with Gasteiger partial charge in [0.25, 0.3) is 10.0 Å². The zero-order chi connectivity index (χ0) is 14.7. The van der Waals surface area contributed by atoms with E-state index in [0.29, 0.717) is 26.2 Å². The van der Waals surface area contributed by atoms with Crippen LogP contribution in [0.3, 0.4) is 0 Å². The number of pyridine rings is 1. The van der Waals surface area contributed by atoms with Crippen LogP contribution in [0.1, 0.15) is 5.56 Å². The van der Waals surface area contributed by atoms with Crippen molar-refractivity contribution in [3.63, 3.8) is 0 Å². The summed E-state index contributed by atoms with van der Waals surface area (Å²) in [5, 5.41) is 0.156. The van der Waals surface area contributed by atoms with Gasteiger partial charge in [0.1, 0.15) is 0 Å². The number of hydrogen-bond donors (Lipinski definition) is 1. The molecular weight excluding hydrogens is 290 g/mol. The molecule has 0 aromatic carbocycles. The van der Waals surface area contributed by atoms with E-state index in [-0.39, 0.29) is 5.03 Å². The summed E-state index contributed by atoms with van der Waals surface area (Å²) in [4.78, 5) is 12.8. The lowest BCUT2D eigenvalue weighted by Crippen LogP contribution is -2.48. The van der Waals surface area contributed by atoms with Crippen LogP contribution < -0.4 is 0 Å². The van der Waals surface area contributed by atoms with Crippen LogP contribution in [-0.4, -0.2) is 58.8 Å². The molecule has 1 aliphatic heterocycles. The van der Waals surface area contributed by atoms with Crippen molar-refractivity contribution in [3.05, 3.63) is 42.6 Å². The third-order valence-electron chi connectivity index (χ3n) is 3.55. The van der Waals surface area contributed by atoms with Crippen LogP contribution in [0.15, 0.2) is 42.1 Å². The first-order valence-corrected chi connectivity index (χ1v) is 8.20. The Morgan fingerprint density at radius 2 is 1.95 bits per heavy atom. The highest BCUT2D eigenvalue weighted by atomic mass is 32.2. The number of aromatic amines is 1. The average Bonchev–Trinajstić information content (AvgIpc) is 3.04. The summed E-state index contributed by atoms with van der Waals surface area (Å²) in [5.41, 5.74) is 1.14. The van der Waals surface area contributed by atoms with Crippen LogP contribution in [0, 0.1) is 0 Å². The molecule has 0 atom stereocenters. The minimum Gasteiger partial charge on any atom is -0.335 e. The number of aromatic nitrogens is 3. The molecule has 0 aliphatic carbocycles. The molecule has 0 unspecified atom stereocenters. The van der Waals surface area contributed by atoms with Crippen LogP contribution in [0.2, 0.25) is 0 Å². The molecule has 1 saturated heterocycles. The first kappa shape index (κ1) is 14.2. The lowest BCUT2D eigenvalue weighted by Gasteiger charge is -2.33. The second-order valence-electron chi connectivity index (χ2n) is 4.96. The van der Waals surface area contributed by atoms with Crippen molar-refractivity contribution in [3.8, 4) is 0 Å². The number of H-pyrrole nitrogens is 1. The molecule has 2 aromatic heterocycles. The smallest absolute Gasteiger partial charge is 0.260 e. The Hall–Kier alpha value is -1.77. The molecular formula is C13H17N5O2S. The fourth-order valence-corrected chi connectivity index (χ4v) is 3.72. The fourth-order valence-electron chi connectivity index (χ4n) is 2.40. The van der Waals surface area contributed by atoms with E-state index in [2.05, 4.69) is 19.9 Å². The predicted octanol–water partition coefficient (Wildman–Crippen LogP) is 0.311. The summed E-state index contributed by atoms with van der Waals surface area (Å²) in [7, 11) is -3.44. The lowest BCUT2D eigenvalue weighted by atomic mass is 10.2. The van der Waals surface area contributed by atoms with E-state index >= 15 is 0 Å². The Kier molecular flexibility index (Phi) is 4.00. The third kappa shape index (κ3) is 3.12. The monoisotopic (exact) mass is 307 g/mol. The van der Waals surface area contributed by atoms with Crippen molar-refractivity contribution in [2.45, 2.75) is 11.6 Å². The molecule has 0 amide bonds. The maximum atomic E-state index is 12.3. The molecule has 0 spiro atoms. The lowest BCUT2D eigenvalue weighted by molar-refractivity contribution is 0.181. The summed E-state index contributed by atoms with van der Waals surface area (Å²) in [6.45, 7) is 3.19. The minimum absolute atomic E-state index is 0.156. The van der Waals surface area contributed by atoms with Gasteiger partial charge in [0, 0.05) is 45.1 Å². The topological polar surface area (TPSA) is 82.2 Å². The first-order chi connectivity index (χ1) is 10.2. The quantitative estimate of drug-likeness (QED) is 0.879. The normalized spacial score (nSPS) is 17.9. The Labute approximate surface area is 123 Å². The maximum absolute atomic E-state index is 12.3. The molecule has 0 saturated carbocycles. The van der Waals surface area contributed by atoms with Gasteiger partial charge < -0.3 is 4.98 Å². The van der Waals surface area contributed by atoms with E-state index in [1.165, 1.54) is 16.8 Å². The fraction of sp³-hybridized carbons (Fsp3) is 0.385. The van der Waals surface area contributed by atoms with Crippen LogP contribution in [0.25, 0.3) is 0 Å². The molecule has 2 aromatic rings. The van der Waals surface area contributed by atoms with Gasteiger partial charge in [-0.15, -0.1) is 0 Å². The molecule has 0 radical (unpaired) electrons. The number of nitrogens with zero attached hydrogens (tertiary/aromatic N) is 4. The summed E-state index contributed by atoms with van der Waals surface area (Å²) in [6.07, 6.45) is 6.31. The van der Waals surface area contributed by atoms with E-state index in [0.717, 1.165) is 12.1 Å². The van der Waals surface area contributed by atoms with Crippen LogP contribution in [0.4, 0.5) is 0 Å². The number of imidazole rings is 1. The summed E-state index contributed by atoms with van der Waals surface area (Å²) < 4.78 is 26.2. The van der Waals surface area contributed by atoms with E-state index in [9.17, 15) is 8.42 Å². The highest BCUT2D eigenvalue weighted by Crippen LogP contribution is 2.15. The van der Waals surface area contributed by atoms with Gasteiger partial charge in [-0.2, -0.15) is 4.31 Å². The molecule has 3 heterocycles. The largest absolute Gasteiger partial charge is 0.335 e. The van der Waals surface area contributed by atoms with Crippen LogP contribution >= 0.6 is 0 Å². The van der Waals surface area contributed by atoms with Gasteiger partial charge in [-0.25, -0.2) is 13.4 Å². The van der Waals surface area contributed by atoms with Crippen LogP contribution in [-0.2, 0) is 16.6 Å². The standard InChI is InChI=1S/C13H17N5O2S/c19-21(20,13-9-15-11-16-13)18-6-4-17(5-7-18)10-12-2-1-3-14-8-12/h1-3,8-9,11H,4-7,10H2,(H,15,16). The highest BCUT2D eigenvalue weighted by molar-refractivity contribution is 7.89. The molecule has 7 nitrogen and oxygen atoms in total. The van der Waals surface area contributed by atoms with Crippen molar-refractivity contribution in [2.24, 2.45) is 0 Å². The van der Waals surface area contributed by atoms with Gasteiger partial charge in [-0.05, 0) is 11.6 Å². The molecule has 1 fully saturated rings. The van der Waals surface area contributed by atoms with Crippen molar-refractivity contribution in [1.82, 2.24) is 24.2 Å². The number of rotatable bonds is 4. The number of piperazine rings is 1. The zero-order valence-electron chi connectivity index (χ0n) is 11.5. The Morgan fingerprint density at radius 3 is 2.57 bits per heavy atom. The van der Waals surface area contributed by atoms with Crippen LogP contribution in [0.5, 0.6) is 0 Å². The molecule has 3 rings (SSSR count). The molecule has 112 valence electrons. The maximum Gasteiger partial charge on any atom is 0.260 e. The average molecular weight is 307 g/mol. The molecule has 21 heavy (non-hydrogen) atoms. The van der Waals surface area contributed by atoms with Gasteiger partial charge >= 0.3 is 0 Å². The second-order valence-corrected chi connectivity index (χ2v) is 6.86. The first-order valence-electron chi connectivity index (χ1n) is 6.76. The second kappa shape index (κ2) is 5.92. The van der Waals surface area contributed by atoms with E-state index in [4.69, 9.17) is 0 Å². The Morgan fingerprint density at radius 1 is 1.14 bits per heavy atom. The Balaban J connectivity index is 1.61. The SMILES string of the molecule is O=S(=O)(c1cnc[nH]1)N1CCN(Cc2cccnc2)CC1. The molecule has 0 bridgehead atoms. The summed E-state index contributed by atoms with van der Waals surface area (Å²) in [5.74, 6) is 0. The van der Waals surface area contributed by atoms with Gasteiger partial charge in [0.05, 0.1) is 12.5 Å².